The highest BCUT2D eigenvalue weighted by Crippen LogP contribution is 2.33. The van der Waals surface area contributed by atoms with Gasteiger partial charge in [-0.2, -0.15) is 31.6 Å². The number of aromatic nitrogens is 4. The lowest BCUT2D eigenvalue weighted by atomic mass is 9.93. The van der Waals surface area contributed by atoms with E-state index in [1.807, 2.05) is 81.9 Å². The Morgan fingerprint density at radius 3 is 1.04 bits per heavy atom. The van der Waals surface area contributed by atoms with Gasteiger partial charge < -0.3 is 0 Å². The standard InChI is InChI=1S/C38H16N10/c39-15-23-9-27(17-41)37(28(10-23)18-42)25-1-5-31(6-2-25)47-21-45-33-14-36-34(13-35(33)47)46-22-48(36)32-7-3-26(4-8-32)38-29(19-43)11-24(16-40)12-30(38)20-44/h1-14,21-22H. The second-order valence-corrected chi connectivity index (χ2v) is 10.7. The van der Waals surface area contributed by atoms with E-state index in [9.17, 15) is 31.6 Å². The first-order chi connectivity index (χ1) is 23.5. The smallest absolute Gasteiger partial charge is 0.100 e. The molecule has 10 nitrogen and oxygen atoms in total. The quantitative estimate of drug-likeness (QED) is 0.205. The zero-order chi connectivity index (χ0) is 33.4. The van der Waals surface area contributed by atoms with E-state index in [-0.39, 0.29) is 33.4 Å². The van der Waals surface area contributed by atoms with Crippen molar-refractivity contribution >= 4 is 22.1 Å². The Kier molecular flexibility index (Phi) is 6.87. The third-order valence-corrected chi connectivity index (χ3v) is 8.10. The van der Waals surface area contributed by atoms with Gasteiger partial charge >= 0.3 is 0 Å². The van der Waals surface area contributed by atoms with Gasteiger partial charge in [-0.15, -0.1) is 0 Å². The van der Waals surface area contributed by atoms with Crippen molar-refractivity contribution in [1.82, 2.24) is 19.1 Å². The minimum atomic E-state index is 0.255. The van der Waals surface area contributed by atoms with Gasteiger partial charge in [0.25, 0.3) is 0 Å². The third-order valence-electron chi connectivity index (χ3n) is 8.10. The number of fused-ring (bicyclic) bond motifs is 2. The van der Waals surface area contributed by atoms with Crippen LogP contribution in [0.1, 0.15) is 33.4 Å². The van der Waals surface area contributed by atoms with Gasteiger partial charge in [-0.1, -0.05) is 24.3 Å². The molecular weight excluding hydrogens is 596 g/mol. The molecule has 0 saturated heterocycles. The van der Waals surface area contributed by atoms with Crippen LogP contribution in [0.4, 0.5) is 0 Å². The first kappa shape index (κ1) is 28.7. The van der Waals surface area contributed by atoms with Crippen molar-refractivity contribution in [2.45, 2.75) is 0 Å². The van der Waals surface area contributed by atoms with Crippen LogP contribution in [0.15, 0.2) is 97.6 Å². The van der Waals surface area contributed by atoms with E-state index in [0.29, 0.717) is 22.3 Å². The molecule has 0 N–H and O–H groups in total. The molecule has 0 saturated carbocycles. The lowest BCUT2D eigenvalue weighted by Crippen LogP contribution is -1.95. The normalized spacial score (nSPS) is 10.4. The fourth-order valence-electron chi connectivity index (χ4n) is 5.89. The first-order valence-corrected chi connectivity index (χ1v) is 14.3. The predicted molar refractivity (Wildman–Crippen MR) is 175 cm³/mol. The van der Waals surface area contributed by atoms with E-state index in [1.165, 1.54) is 24.3 Å². The highest BCUT2D eigenvalue weighted by Gasteiger charge is 2.17. The van der Waals surface area contributed by atoms with E-state index in [1.54, 1.807) is 12.7 Å². The molecule has 2 heterocycles. The Bertz CT molecular complexity index is 2460. The molecule has 48 heavy (non-hydrogen) atoms. The van der Waals surface area contributed by atoms with Gasteiger partial charge in [0, 0.05) is 22.5 Å². The minimum absolute atomic E-state index is 0.255. The van der Waals surface area contributed by atoms with Crippen LogP contribution in [0.2, 0.25) is 0 Å². The van der Waals surface area contributed by atoms with Gasteiger partial charge in [0.1, 0.15) is 12.7 Å². The summed E-state index contributed by atoms with van der Waals surface area (Å²) in [5.41, 5.74) is 8.64. The lowest BCUT2D eigenvalue weighted by Gasteiger charge is -2.10. The van der Waals surface area contributed by atoms with Crippen LogP contribution in [0.3, 0.4) is 0 Å². The Balaban J connectivity index is 1.23. The average Bonchev–Trinajstić information content (AvgIpc) is 3.76. The maximum atomic E-state index is 9.70. The fourth-order valence-corrected chi connectivity index (χ4v) is 5.89. The molecule has 0 bridgehead atoms. The number of hydrogen-bond acceptors (Lipinski definition) is 8. The van der Waals surface area contributed by atoms with Gasteiger partial charge in [-0.05, 0) is 71.8 Å². The van der Waals surface area contributed by atoms with Gasteiger partial charge in [0.2, 0.25) is 0 Å². The molecule has 5 aromatic carbocycles. The molecule has 7 rings (SSSR count). The molecule has 0 aliphatic heterocycles. The Morgan fingerprint density at radius 1 is 0.417 bits per heavy atom. The summed E-state index contributed by atoms with van der Waals surface area (Å²) in [5, 5.41) is 57.4. The zero-order valence-electron chi connectivity index (χ0n) is 24.7. The topological polar surface area (TPSA) is 178 Å². The van der Waals surface area contributed by atoms with Crippen LogP contribution in [-0.2, 0) is 0 Å². The van der Waals surface area contributed by atoms with Crippen molar-refractivity contribution in [3.05, 3.63) is 131 Å². The van der Waals surface area contributed by atoms with Crippen molar-refractivity contribution in [2.75, 3.05) is 0 Å². The molecule has 0 fully saturated rings. The van der Waals surface area contributed by atoms with Crippen molar-refractivity contribution in [3.8, 4) is 70.0 Å². The lowest BCUT2D eigenvalue weighted by molar-refractivity contribution is 1.09. The van der Waals surface area contributed by atoms with Gasteiger partial charge in [0.15, 0.2) is 0 Å². The molecular formula is C38H16N10. The van der Waals surface area contributed by atoms with E-state index in [2.05, 4.69) is 34.2 Å². The molecule has 0 atom stereocenters. The molecule has 10 heteroatoms. The summed E-state index contributed by atoms with van der Waals surface area (Å²) in [6.45, 7) is 0. The second-order valence-electron chi connectivity index (χ2n) is 10.7. The molecule has 0 aliphatic carbocycles. The summed E-state index contributed by atoms with van der Waals surface area (Å²) in [5.74, 6) is 0. The highest BCUT2D eigenvalue weighted by molar-refractivity contribution is 5.93. The van der Waals surface area contributed by atoms with E-state index in [0.717, 1.165) is 33.4 Å². The van der Waals surface area contributed by atoms with Crippen molar-refractivity contribution < 1.29 is 0 Å². The van der Waals surface area contributed by atoms with Crippen molar-refractivity contribution in [2.24, 2.45) is 0 Å². The van der Waals surface area contributed by atoms with Crippen molar-refractivity contribution in [1.29, 1.82) is 31.6 Å². The Morgan fingerprint density at radius 2 is 0.750 bits per heavy atom. The molecule has 2 aromatic heterocycles. The van der Waals surface area contributed by atoms with Crippen molar-refractivity contribution in [3.63, 3.8) is 0 Å². The van der Waals surface area contributed by atoms with E-state index in [4.69, 9.17) is 0 Å². The maximum absolute atomic E-state index is 9.70. The van der Waals surface area contributed by atoms with Crippen LogP contribution in [0, 0.1) is 68.0 Å². The molecule has 218 valence electrons. The second kappa shape index (κ2) is 11.5. The van der Waals surface area contributed by atoms with E-state index >= 15 is 0 Å². The molecule has 0 aliphatic rings. The summed E-state index contributed by atoms with van der Waals surface area (Å²) in [6, 6.07) is 37.1. The number of benzene rings is 5. The van der Waals surface area contributed by atoms with Gasteiger partial charge in [-0.3, -0.25) is 9.13 Å². The molecule has 7 aromatic rings. The summed E-state index contributed by atoms with van der Waals surface area (Å²) >= 11 is 0. The summed E-state index contributed by atoms with van der Waals surface area (Å²) in [6.07, 6.45) is 3.44. The van der Waals surface area contributed by atoms with Crippen LogP contribution >= 0.6 is 0 Å². The van der Waals surface area contributed by atoms with Crippen LogP contribution < -0.4 is 0 Å². The number of rotatable bonds is 4. The number of imidazole rings is 2. The summed E-state index contributed by atoms with van der Waals surface area (Å²) in [4.78, 5) is 9.28. The SMILES string of the molecule is N#Cc1cc(C#N)c(-c2ccc(-n3cnc4cc5c(cc43)ncn5-c3ccc(-c4c(C#N)cc(C#N)cc4C#N)cc3)cc2)c(C#N)c1. The number of nitriles is 6. The highest BCUT2D eigenvalue weighted by atomic mass is 15.1. The Hall–Kier alpha value is -8.02. The molecule has 0 spiro atoms. The zero-order valence-corrected chi connectivity index (χ0v) is 24.7. The summed E-state index contributed by atoms with van der Waals surface area (Å²) in [7, 11) is 0. The van der Waals surface area contributed by atoms with Crippen LogP contribution in [0.5, 0.6) is 0 Å². The monoisotopic (exact) mass is 612 g/mol. The average molecular weight is 613 g/mol. The predicted octanol–water partition coefficient (Wildman–Crippen LogP) is 6.93. The van der Waals surface area contributed by atoms with Gasteiger partial charge in [0.05, 0.1) is 91.9 Å². The summed E-state index contributed by atoms with van der Waals surface area (Å²) < 4.78 is 3.86. The minimum Gasteiger partial charge on any atom is -0.299 e. The van der Waals surface area contributed by atoms with Crippen LogP contribution in [0.25, 0.3) is 55.7 Å². The first-order valence-electron chi connectivity index (χ1n) is 14.3. The number of hydrogen-bond donors (Lipinski definition) is 0. The molecule has 0 amide bonds. The molecule has 0 radical (unpaired) electrons. The van der Waals surface area contributed by atoms with Gasteiger partial charge in [-0.25, -0.2) is 9.97 Å². The third kappa shape index (κ3) is 4.62. The number of nitrogens with zero attached hydrogens (tertiary/aromatic N) is 10. The maximum Gasteiger partial charge on any atom is 0.100 e. The Labute approximate surface area is 273 Å². The van der Waals surface area contributed by atoms with Crippen LogP contribution in [-0.4, -0.2) is 19.1 Å². The fraction of sp³-hybridized carbons (Fsp3) is 0. The molecule has 0 unspecified atom stereocenters. The van der Waals surface area contributed by atoms with E-state index < -0.39 is 0 Å². The largest absolute Gasteiger partial charge is 0.299 e.